The van der Waals surface area contributed by atoms with E-state index in [0.717, 1.165) is 12.8 Å². The number of sulfonamides is 1. The lowest BCUT2D eigenvalue weighted by Crippen LogP contribution is -2.51. The van der Waals surface area contributed by atoms with Gasteiger partial charge in [-0.25, -0.2) is 8.42 Å². The maximum absolute atomic E-state index is 12.6. The maximum atomic E-state index is 12.6. The maximum Gasteiger partial charge on any atom is 0.243 e. The average Bonchev–Trinajstić information content (AvgIpc) is 2.73. The molecule has 1 amide bonds. The molecule has 6 nitrogen and oxygen atoms in total. The first-order valence-corrected chi connectivity index (χ1v) is 11.1. The van der Waals surface area contributed by atoms with E-state index in [1.807, 2.05) is 23.1 Å². The Hall–Kier alpha value is -2.22. The fraction of sp³-hybridized carbons (Fsp3) is 0.381. The third kappa shape index (κ3) is 5.64. The monoisotopic (exact) mass is 401 g/mol. The zero-order valence-corrected chi connectivity index (χ0v) is 16.8. The molecule has 2 aromatic rings. The summed E-state index contributed by atoms with van der Waals surface area (Å²) in [6.45, 7) is 2.88. The average molecular weight is 402 g/mol. The standard InChI is InChI=1S/C21H27N3O3S/c25-21(22-13-7-10-19-8-3-1-4-9-19)18-23-14-16-24(17-15-23)28(26,27)20-11-5-2-6-12-20/h1-6,8-9,11-12H,7,10,13-18H2,(H,22,25). The van der Waals surface area contributed by atoms with Crippen LogP contribution in [-0.4, -0.2) is 62.8 Å². The molecule has 0 saturated carbocycles. The van der Waals surface area contributed by atoms with E-state index in [0.29, 0.717) is 44.2 Å². The van der Waals surface area contributed by atoms with Crippen molar-refractivity contribution in [2.24, 2.45) is 0 Å². The number of carbonyl (C=O) groups is 1. The number of amides is 1. The van der Waals surface area contributed by atoms with E-state index in [4.69, 9.17) is 0 Å². The number of piperazine rings is 1. The van der Waals surface area contributed by atoms with E-state index in [9.17, 15) is 13.2 Å². The summed E-state index contributed by atoms with van der Waals surface area (Å²) in [6.07, 6.45) is 1.84. The third-order valence-corrected chi connectivity index (χ3v) is 6.80. The van der Waals surface area contributed by atoms with Crippen molar-refractivity contribution in [3.05, 3.63) is 66.2 Å². The predicted octanol–water partition coefficient (Wildman–Crippen LogP) is 1.74. The summed E-state index contributed by atoms with van der Waals surface area (Å²) in [5.41, 5.74) is 1.27. The number of nitrogens with zero attached hydrogens (tertiary/aromatic N) is 2. The number of hydrogen-bond acceptors (Lipinski definition) is 4. The van der Waals surface area contributed by atoms with Crippen LogP contribution in [0.5, 0.6) is 0 Å². The number of aryl methyl sites for hydroxylation is 1. The molecule has 2 aromatic carbocycles. The van der Waals surface area contributed by atoms with Crippen molar-refractivity contribution in [2.75, 3.05) is 39.3 Å². The highest BCUT2D eigenvalue weighted by molar-refractivity contribution is 7.89. The topological polar surface area (TPSA) is 69.7 Å². The van der Waals surface area contributed by atoms with Gasteiger partial charge in [0.25, 0.3) is 0 Å². The van der Waals surface area contributed by atoms with Gasteiger partial charge in [-0.05, 0) is 30.5 Å². The zero-order valence-electron chi connectivity index (χ0n) is 16.0. The molecule has 1 saturated heterocycles. The van der Waals surface area contributed by atoms with Gasteiger partial charge < -0.3 is 5.32 Å². The number of nitrogens with one attached hydrogen (secondary N) is 1. The highest BCUT2D eigenvalue weighted by Crippen LogP contribution is 2.17. The molecule has 0 bridgehead atoms. The second-order valence-electron chi connectivity index (χ2n) is 6.93. The second kappa shape index (κ2) is 9.82. The summed E-state index contributed by atoms with van der Waals surface area (Å²) < 4.78 is 26.8. The minimum Gasteiger partial charge on any atom is -0.355 e. The third-order valence-electron chi connectivity index (χ3n) is 4.89. The number of rotatable bonds is 8. The van der Waals surface area contributed by atoms with Crippen LogP contribution in [-0.2, 0) is 21.2 Å². The molecule has 0 atom stereocenters. The largest absolute Gasteiger partial charge is 0.355 e. The summed E-state index contributed by atoms with van der Waals surface area (Å²) in [6, 6.07) is 18.7. The molecule has 3 rings (SSSR count). The Morgan fingerprint density at radius 3 is 2.14 bits per heavy atom. The smallest absolute Gasteiger partial charge is 0.243 e. The Balaban J connectivity index is 1.37. The van der Waals surface area contributed by atoms with Crippen LogP contribution in [0.4, 0.5) is 0 Å². The zero-order chi connectivity index (χ0) is 19.8. The summed E-state index contributed by atoms with van der Waals surface area (Å²) in [4.78, 5) is 14.5. The molecule has 150 valence electrons. The van der Waals surface area contributed by atoms with Gasteiger partial charge in [-0.3, -0.25) is 9.69 Å². The lowest BCUT2D eigenvalue weighted by Gasteiger charge is -2.33. The highest BCUT2D eigenvalue weighted by atomic mass is 32.2. The molecule has 0 spiro atoms. The molecular weight excluding hydrogens is 374 g/mol. The van der Waals surface area contributed by atoms with Gasteiger partial charge in [-0.1, -0.05) is 48.5 Å². The minimum absolute atomic E-state index is 0.00701. The quantitative estimate of drug-likeness (QED) is 0.684. The van der Waals surface area contributed by atoms with E-state index in [2.05, 4.69) is 17.4 Å². The van der Waals surface area contributed by atoms with E-state index >= 15 is 0 Å². The first kappa shape index (κ1) is 20.5. The summed E-state index contributed by atoms with van der Waals surface area (Å²) in [7, 11) is -3.45. The van der Waals surface area contributed by atoms with Crippen LogP contribution in [0.2, 0.25) is 0 Å². The van der Waals surface area contributed by atoms with Crippen molar-refractivity contribution in [1.82, 2.24) is 14.5 Å². The number of benzene rings is 2. The molecule has 28 heavy (non-hydrogen) atoms. The SMILES string of the molecule is O=C(CN1CCN(S(=O)(=O)c2ccccc2)CC1)NCCCc1ccccc1. The Labute approximate surface area is 167 Å². The molecular formula is C21H27N3O3S. The van der Waals surface area contributed by atoms with Gasteiger partial charge in [-0.15, -0.1) is 0 Å². The highest BCUT2D eigenvalue weighted by Gasteiger charge is 2.28. The lowest BCUT2D eigenvalue weighted by atomic mass is 10.1. The Bertz CT molecular complexity index is 849. The van der Waals surface area contributed by atoms with Gasteiger partial charge in [0.2, 0.25) is 15.9 Å². The van der Waals surface area contributed by atoms with Crippen molar-refractivity contribution >= 4 is 15.9 Å². The van der Waals surface area contributed by atoms with Crippen molar-refractivity contribution in [3.8, 4) is 0 Å². The Kier molecular flexibility index (Phi) is 7.19. The summed E-state index contributed by atoms with van der Waals surface area (Å²) in [5, 5.41) is 2.96. The van der Waals surface area contributed by atoms with Crippen LogP contribution >= 0.6 is 0 Å². The molecule has 0 unspecified atom stereocenters. The Morgan fingerprint density at radius 1 is 0.893 bits per heavy atom. The van der Waals surface area contributed by atoms with E-state index in [-0.39, 0.29) is 5.91 Å². The van der Waals surface area contributed by atoms with Crippen LogP contribution in [0.25, 0.3) is 0 Å². The second-order valence-corrected chi connectivity index (χ2v) is 8.87. The van der Waals surface area contributed by atoms with E-state index < -0.39 is 10.0 Å². The Morgan fingerprint density at radius 2 is 1.50 bits per heavy atom. The first-order chi connectivity index (χ1) is 13.6. The molecule has 1 fully saturated rings. The minimum atomic E-state index is -3.45. The fourth-order valence-electron chi connectivity index (χ4n) is 3.29. The van der Waals surface area contributed by atoms with E-state index in [1.165, 1.54) is 9.87 Å². The van der Waals surface area contributed by atoms with Crippen molar-refractivity contribution in [3.63, 3.8) is 0 Å². The fourth-order valence-corrected chi connectivity index (χ4v) is 4.74. The van der Waals surface area contributed by atoms with Gasteiger partial charge in [0, 0.05) is 32.7 Å². The van der Waals surface area contributed by atoms with Crippen molar-refractivity contribution in [2.45, 2.75) is 17.7 Å². The van der Waals surface area contributed by atoms with Gasteiger partial charge in [0.1, 0.15) is 0 Å². The van der Waals surface area contributed by atoms with Crippen molar-refractivity contribution < 1.29 is 13.2 Å². The molecule has 1 N–H and O–H groups in total. The normalized spacial score (nSPS) is 16.0. The lowest BCUT2D eigenvalue weighted by molar-refractivity contribution is -0.122. The molecule has 0 aromatic heterocycles. The molecule has 0 aliphatic carbocycles. The van der Waals surface area contributed by atoms with Crippen LogP contribution in [0.15, 0.2) is 65.6 Å². The number of hydrogen-bond donors (Lipinski definition) is 1. The van der Waals surface area contributed by atoms with Gasteiger partial charge in [0.05, 0.1) is 11.4 Å². The molecule has 0 radical (unpaired) electrons. The van der Waals surface area contributed by atoms with Crippen molar-refractivity contribution in [1.29, 1.82) is 0 Å². The van der Waals surface area contributed by atoms with Crippen LogP contribution < -0.4 is 5.32 Å². The first-order valence-electron chi connectivity index (χ1n) is 9.64. The van der Waals surface area contributed by atoms with Crippen LogP contribution in [0.1, 0.15) is 12.0 Å². The molecule has 7 heteroatoms. The summed E-state index contributed by atoms with van der Waals surface area (Å²) >= 11 is 0. The molecule has 1 aliphatic heterocycles. The summed E-state index contributed by atoms with van der Waals surface area (Å²) in [5.74, 6) is -0.00701. The molecule has 1 heterocycles. The predicted molar refractivity (Wildman–Crippen MR) is 109 cm³/mol. The van der Waals surface area contributed by atoms with E-state index in [1.54, 1.807) is 30.3 Å². The molecule has 1 aliphatic rings. The number of carbonyl (C=O) groups excluding carboxylic acids is 1. The van der Waals surface area contributed by atoms with Crippen LogP contribution in [0.3, 0.4) is 0 Å². The van der Waals surface area contributed by atoms with Gasteiger partial charge in [0.15, 0.2) is 0 Å². The van der Waals surface area contributed by atoms with Crippen LogP contribution in [0, 0.1) is 0 Å². The van der Waals surface area contributed by atoms with Gasteiger partial charge in [-0.2, -0.15) is 4.31 Å². The van der Waals surface area contributed by atoms with Gasteiger partial charge >= 0.3 is 0 Å².